The first kappa shape index (κ1) is 45.4. The van der Waals surface area contributed by atoms with Crippen molar-refractivity contribution in [3.63, 3.8) is 0 Å². The van der Waals surface area contributed by atoms with Crippen molar-refractivity contribution in [3.05, 3.63) is 97.6 Å². The van der Waals surface area contributed by atoms with Gasteiger partial charge in [-0.3, -0.25) is 24.6 Å². The molecule has 1 aliphatic heterocycles. The Morgan fingerprint density at radius 3 is 2.15 bits per heavy atom. The molecule has 2 amide bonds. The Balaban J connectivity index is 0.000000224. The number of aryl methyl sites for hydroxylation is 2. The molecule has 4 aromatic rings. The number of amides is 2. The van der Waals surface area contributed by atoms with Crippen LogP contribution in [-0.2, 0) is 33.3 Å². The third kappa shape index (κ3) is 11.1. The monoisotopic (exact) mass is 868 g/mol. The Hall–Kier alpha value is -3.99. The molecule has 0 saturated heterocycles. The Bertz CT molecular complexity index is 1940. The van der Waals surface area contributed by atoms with Crippen molar-refractivity contribution >= 4 is 92.7 Å². The minimum Gasteiger partial charge on any atom is -0.489 e. The highest BCUT2D eigenvalue weighted by Crippen LogP contribution is 2.39. The largest absolute Gasteiger partial charge is 0.489 e. The summed E-state index contributed by atoms with van der Waals surface area (Å²) in [5.74, 6) is -0.197. The van der Waals surface area contributed by atoms with Gasteiger partial charge in [0.15, 0.2) is 4.84 Å². The van der Waals surface area contributed by atoms with E-state index in [1.54, 1.807) is 16.9 Å². The zero-order valence-corrected chi connectivity index (χ0v) is 33.5. The van der Waals surface area contributed by atoms with Gasteiger partial charge in [-0.05, 0) is 55.2 Å². The molecular formula is C35H36Cl5F3N6O6. The van der Waals surface area contributed by atoms with Crippen molar-refractivity contribution in [2.75, 3.05) is 41.9 Å². The highest BCUT2D eigenvalue weighted by molar-refractivity contribution is 6.54. The third-order valence-electron chi connectivity index (χ3n) is 7.92. The fourth-order valence-corrected chi connectivity index (χ4v) is 6.37. The van der Waals surface area contributed by atoms with E-state index in [0.29, 0.717) is 24.5 Å². The first-order valence-electron chi connectivity index (χ1n) is 16.3. The maximum atomic E-state index is 12.6. The summed E-state index contributed by atoms with van der Waals surface area (Å²) < 4.78 is 49.3. The smallest absolute Gasteiger partial charge is 0.416 e. The Morgan fingerprint density at radius 2 is 1.67 bits per heavy atom. The zero-order chi connectivity index (χ0) is 41.2. The van der Waals surface area contributed by atoms with Gasteiger partial charge in [0, 0.05) is 7.11 Å². The molecule has 0 saturated carbocycles. The fraction of sp³-hybridized carbons (Fsp3) is 0.343. The molecule has 20 heteroatoms. The van der Waals surface area contributed by atoms with E-state index in [9.17, 15) is 32.9 Å². The van der Waals surface area contributed by atoms with E-state index in [1.165, 1.54) is 0 Å². The number of benzene rings is 3. The van der Waals surface area contributed by atoms with Crippen LogP contribution in [0.5, 0.6) is 5.75 Å². The first-order valence-corrected chi connectivity index (χ1v) is 18.4. The minimum absolute atomic E-state index is 0.0371. The molecule has 1 atom stereocenters. The van der Waals surface area contributed by atoms with E-state index < -0.39 is 33.0 Å². The van der Waals surface area contributed by atoms with Gasteiger partial charge in [0.05, 0.1) is 37.9 Å². The van der Waals surface area contributed by atoms with E-state index >= 15 is 0 Å². The maximum absolute atomic E-state index is 12.6. The molecule has 3 aromatic carbocycles. The number of nitro groups is 1. The molecule has 2 N–H and O–H groups in total. The molecule has 1 unspecified atom stereocenters. The molecule has 0 bridgehead atoms. The summed E-state index contributed by atoms with van der Waals surface area (Å²) in [6, 6.07) is 14.6. The summed E-state index contributed by atoms with van der Waals surface area (Å²) >= 11 is 28.5. The Labute approximate surface area is 339 Å². The number of carbonyl (C=O) groups excluding carboxylic acids is 2. The van der Waals surface area contributed by atoms with E-state index in [4.69, 9.17) is 73.2 Å². The van der Waals surface area contributed by atoms with Gasteiger partial charge in [-0.25, -0.2) is 4.68 Å². The van der Waals surface area contributed by atoms with Crippen molar-refractivity contribution in [1.82, 2.24) is 9.78 Å². The number of nitrogens with two attached hydrogens (primary N) is 1. The number of aromatic nitrogens is 2. The van der Waals surface area contributed by atoms with Crippen molar-refractivity contribution in [3.8, 4) is 11.4 Å². The number of ether oxygens (including phenoxy) is 2. The van der Waals surface area contributed by atoms with Gasteiger partial charge in [-0.2, -0.15) is 18.3 Å². The second-order valence-electron chi connectivity index (χ2n) is 11.5. The first-order chi connectivity index (χ1) is 25.9. The highest BCUT2D eigenvalue weighted by Gasteiger charge is 2.34. The molecular weight excluding hydrogens is 835 g/mol. The van der Waals surface area contributed by atoms with Crippen molar-refractivity contribution < 1.29 is 37.2 Å². The quantitative estimate of drug-likeness (QED) is 0.0759. The number of nitrogens with zero attached hydrogens (tertiary/aromatic N) is 5. The summed E-state index contributed by atoms with van der Waals surface area (Å²) in [5.41, 5.74) is 7.74. The topological polar surface area (TPSA) is 146 Å². The minimum atomic E-state index is -4.63. The summed E-state index contributed by atoms with van der Waals surface area (Å²) in [6.45, 7) is 6.73. The lowest BCUT2D eigenvalue weighted by atomic mass is 10.0. The number of fused-ring (bicyclic) bond motifs is 1. The molecule has 1 aliphatic rings. The van der Waals surface area contributed by atoms with Crippen LogP contribution in [0.3, 0.4) is 0 Å². The number of hydrogen-bond acceptors (Lipinski definition) is 8. The number of anilines is 3. The molecule has 298 valence electrons. The van der Waals surface area contributed by atoms with Gasteiger partial charge in [0.1, 0.15) is 36.9 Å². The standard InChI is InChI=1S/C14H20ClNO2.C11H11Cl2NO2.C10H5Cl2F3N4O2/c1-4-11-7-6-8-12(5-2)14(11)16(10-18-3)13(17)9-15;1-7-6-16-9-5-3-2-4-8(9)14(7)11(15)10(12)13;11-5-1-4(10(13,14)15)2-6(12)8(5)18-9(16)7(3-17-18)19(20)21/h6-8H,4-5,9-10H2,1-3H3;2-5,7,10H,6H2,1H3;1-3H,16H2. The number of methoxy groups -OCH3 is 1. The number of nitrogen functional groups attached to an aromatic ring is 1. The second kappa shape index (κ2) is 20.3. The predicted molar refractivity (Wildman–Crippen MR) is 209 cm³/mol. The lowest BCUT2D eigenvalue weighted by molar-refractivity contribution is -0.383. The van der Waals surface area contributed by atoms with Crippen molar-refractivity contribution in [1.29, 1.82) is 0 Å². The van der Waals surface area contributed by atoms with E-state index in [0.717, 1.165) is 46.2 Å². The summed E-state index contributed by atoms with van der Waals surface area (Å²) in [5, 5.41) is 13.5. The molecule has 1 aromatic heterocycles. The molecule has 12 nitrogen and oxygen atoms in total. The second-order valence-corrected chi connectivity index (χ2v) is 13.7. The normalized spacial score (nSPS) is 13.5. The molecule has 55 heavy (non-hydrogen) atoms. The van der Waals surface area contributed by atoms with Crippen molar-refractivity contribution in [2.45, 2.75) is 50.7 Å². The Kier molecular flexibility index (Phi) is 16.7. The van der Waals surface area contributed by atoms with Crippen LogP contribution in [0.25, 0.3) is 5.69 Å². The molecule has 0 aliphatic carbocycles. The molecule has 5 rings (SSSR count). The van der Waals surface area contributed by atoms with Gasteiger partial charge in [-0.15, -0.1) is 11.6 Å². The van der Waals surface area contributed by atoms with Crippen molar-refractivity contribution in [2.24, 2.45) is 0 Å². The number of rotatable bonds is 9. The van der Waals surface area contributed by atoms with Gasteiger partial charge < -0.3 is 20.1 Å². The van der Waals surface area contributed by atoms with Crippen LogP contribution in [-0.4, -0.2) is 63.7 Å². The Morgan fingerprint density at radius 1 is 1.09 bits per heavy atom. The van der Waals surface area contributed by atoms with E-state index in [2.05, 4.69) is 18.9 Å². The van der Waals surface area contributed by atoms with Crippen LogP contribution >= 0.6 is 58.0 Å². The number of halogens is 8. The summed E-state index contributed by atoms with van der Waals surface area (Å²) in [6.07, 6.45) is -2.04. The predicted octanol–water partition coefficient (Wildman–Crippen LogP) is 9.28. The third-order valence-corrected chi connectivity index (χ3v) is 9.10. The average Bonchev–Trinajstić information content (AvgIpc) is 3.53. The van der Waals surface area contributed by atoms with Gasteiger partial charge in [-0.1, -0.05) is 90.6 Å². The molecule has 0 radical (unpaired) electrons. The average molecular weight is 871 g/mol. The van der Waals surface area contributed by atoms with Crippen LogP contribution in [0.15, 0.2) is 60.8 Å². The van der Waals surface area contributed by atoms with Crippen LogP contribution in [0.1, 0.15) is 37.5 Å². The van der Waals surface area contributed by atoms with Crippen LogP contribution < -0.4 is 20.3 Å². The van der Waals surface area contributed by atoms with E-state index in [-0.39, 0.29) is 46.2 Å². The molecule has 0 fully saturated rings. The molecule has 2 heterocycles. The molecule has 0 spiro atoms. The number of carbonyl (C=O) groups is 2. The van der Waals surface area contributed by atoms with E-state index in [1.807, 2.05) is 49.4 Å². The van der Waals surface area contributed by atoms with Gasteiger partial charge in [0.2, 0.25) is 11.7 Å². The highest BCUT2D eigenvalue weighted by atomic mass is 35.5. The maximum Gasteiger partial charge on any atom is 0.416 e. The van der Waals surface area contributed by atoms with Gasteiger partial charge in [0.25, 0.3) is 5.91 Å². The lowest BCUT2D eigenvalue weighted by Crippen LogP contribution is -2.47. The van der Waals surface area contributed by atoms with Crippen LogP contribution in [0.2, 0.25) is 10.0 Å². The summed E-state index contributed by atoms with van der Waals surface area (Å²) in [7, 11) is 1.58. The van der Waals surface area contributed by atoms with Crippen LogP contribution in [0, 0.1) is 10.1 Å². The number of hydrogen-bond donors (Lipinski definition) is 1. The summed E-state index contributed by atoms with van der Waals surface area (Å²) in [4.78, 5) is 35.9. The van der Waals surface area contributed by atoms with Crippen LogP contribution in [0.4, 0.5) is 36.1 Å². The lowest BCUT2D eigenvalue weighted by Gasteiger charge is -2.35. The zero-order valence-electron chi connectivity index (χ0n) is 29.8. The number of alkyl halides is 6. The fourth-order valence-electron chi connectivity index (χ4n) is 5.37. The van der Waals surface area contributed by atoms with Gasteiger partial charge >= 0.3 is 11.9 Å². The number of para-hydroxylation sites is 3. The SMILES string of the molecule is CC1COc2ccccc2N1C(=O)C(Cl)Cl.CCc1cccc(CC)c1N(COC)C(=O)CCl.Nc1c([N+](=O)[O-])cnn1-c1c(Cl)cc(C(F)(F)F)cc1Cl.